The number of benzene rings is 2. The number of carbonyl (C=O) groups excluding carboxylic acids is 1. The van der Waals surface area contributed by atoms with E-state index < -0.39 is 11.8 Å². The van der Waals surface area contributed by atoms with Crippen molar-refractivity contribution in [2.75, 3.05) is 44.5 Å². The Morgan fingerprint density at radius 2 is 2.17 bits per heavy atom. The van der Waals surface area contributed by atoms with E-state index in [1.165, 1.54) is 18.5 Å². The van der Waals surface area contributed by atoms with Gasteiger partial charge >= 0.3 is 6.03 Å². The number of hydrazone groups is 1. The molecule has 0 spiro atoms. The average Bonchev–Trinajstić information content (AvgIpc) is 3.62. The summed E-state index contributed by atoms with van der Waals surface area (Å²) >= 11 is 5.95. The molecule has 0 unspecified atom stereocenters. The quantitative estimate of drug-likeness (QED) is 0.181. The molecule has 3 heterocycles. The second-order valence-corrected chi connectivity index (χ2v) is 10.1. The lowest BCUT2D eigenvalue weighted by Crippen LogP contribution is -2.25. The number of anilines is 3. The second kappa shape index (κ2) is 12.9. The van der Waals surface area contributed by atoms with Crippen molar-refractivity contribution >= 4 is 51.9 Å². The van der Waals surface area contributed by atoms with Crippen molar-refractivity contribution in [1.82, 2.24) is 24.9 Å². The fourth-order valence-corrected chi connectivity index (χ4v) is 4.42. The first kappa shape index (κ1) is 28.3. The highest BCUT2D eigenvalue weighted by atomic mass is 35.5. The zero-order chi connectivity index (χ0) is 28.8. The number of likely N-dealkylation sites (N-methyl/N-ethyl adjacent to an activating group) is 1. The van der Waals surface area contributed by atoms with Gasteiger partial charge < -0.3 is 29.6 Å². The fraction of sp³-hybridized carbons (Fsp3) is 0.286. The number of aromatic nitrogens is 3. The summed E-state index contributed by atoms with van der Waals surface area (Å²) in [5, 5.41) is 10.7. The number of urea groups is 1. The third-order valence-electron chi connectivity index (χ3n) is 6.36. The highest BCUT2D eigenvalue weighted by molar-refractivity contribution is 6.31. The SMILES string of the molecule is CN(C)CCn1cccc1/C=N/NC(=O)Nc1cc2c(Nc3ccc(F)c(Cl)c3)ncnc2cc1O[C@H]1CCOC1. The molecule has 1 aliphatic rings. The Labute approximate surface area is 241 Å². The lowest BCUT2D eigenvalue weighted by atomic mass is 10.1. The summed E-state index contributed by atoms with van der Waals surface area (Å²) in [4.78, 5) is 23.7. The van der Waals surface area contributed by atoms with Crippen LogP contribution in [0.1, 0.15) is 12.1 Å². The van der Waals surface area contributed by atoms with Gasteiger partial charge in [0.15, 0.2) is 0 Å². The Morgan fingerprint density at radius 1 is 1.29 bits per heavy atom. The predicted molar refractivity (Wildman–Crippen MR) is 157 cm³/mol. The average molecular weight is 581 g/mol. The second-order valence-electron chi connectivity index (χ2n) is 9.70. The van der Waals surface area contributed by atoms with Crippen LogP contribution in [0.25, 0.3) is 10.9 Å². The molecule has 214 valence electrons. The molecule has 2 amide bonds. The molecular formula is C28H30ClFN8O3. The first-order valence-electron chi connectivity index (χ1n) is 13.0. The van der Waals surface area contributed by atoms with Crippen molar-refractivity contribution in [2.24, 2.45) is 5.10 Å². The first-order valence-corrected chi connectivity index (χ1v) is 13.4. The van der Waals surface area contributed by atoms with Gasteiger partial charge in [0, 0.05) is 42.8 Å². The number of carbonyl (C=O) groups is 1. The molecule has 1 atom stereocenters. The van der Waals surface area contributed by atoms with Gasteiger partial charge in [0.05, 0.1) is 41.3 Å². The molecule has 2 aromatic heterocycles. The van der Waals surface area contributed by atoms with Crippen LogP contribution < -0.4 is 20.8 Å². The van der Waals surface area contributed by atoms with Crippen molar-refractivity contribution in [3.63, 3.8) is 0 Å². The third-order valence-corrected chi connectivity index (χ3v) is 6.65. The molecule has 0 saturated carbocycles. The summed E-state index contributed by atoms with van der Waals surface area (Å²) in [5.41, 5.74) is 4.88. The van der Waals surface area contributed by atoms with E-state index in [2.05, 4.69) is 36.0 Å². The van der Waals surface area contributed by atoms with Crippen LogP contribution in [-0.2, 0) is 11.3 Å². The van der Waals surface area contributed by atoms with Crippen LogP contribution in [0.15, 0.2) is 60.1 Å². The Bertz CT molecular complexity index is 1550. The van der Waals surface area contributed by atoms with Gasteiger partial charge in [0.1, 0.15) is 29.8 Å². The maximum absolute atomic E-state index is 13.7. The van der Waals surface area contributed by atoms with Gasteiger partial charge in [-0.1, -0.05) is 11.6 Å². The molecule has 3 N–H and O–H groups in total. The topological polar surface area (TPSA) is 118 Å². The van der Waals surface area contributed by atoms with E-state index in [0.717, 1.165) is 25.2 Å². The highest BCUT2D eigenvalue weighted by Crippen LogP contribution is 2.35. The van der Waals surface area contributed by atoms with E-state index >= 15 is 0 Å². The van der Waals surface area contributed by atoms with Crippen molar-refractivity contribution in [2.45, 2.75) is 19.1 Å². The summed E-state index contributed by atoms with van der Waals surface area (Å²) in [6, 6.07) is 11.0. The summed E-state index contributed by atoms with van der Waals surface area (Å²) in [7, 11) is 4.02. The van der Waals surface area contributed by atoms with Gasteiger partial charge in [-0.15, -0.1) is 0 Å². The van der Waals surface area contributed by atoms with Gasteiger partial charge in [0.2, 0.25) is 0 Å². The molecule has 2 aromatic carbocycles. The van der Waals surface area contributed by atoms with E-state index in [0.29, 0.717) is 47.1 Å². The molecule has 0 radical (unpaired) electrons. The first-order chi connectivity index (χ1) is 19.9. The van der Waals surface area contributed by atoms with Crippen LogP contribution in [0, 0.1) is 5.82 Å². The minimum Gasteiger partial charge on any atom is -0.486 e. The Hall–Kier alpha value is -4.26. The van der Waals surface area contributed by atoms with Crippen LogP contribution in [0.2, 0.25) is 5.02 Å². The maximum Gasteiger partial charge on any atom is 0.339 e. The molecule has 0 aliphatic carbocycles. The zero-order valence-corrected chi connectivity index (χ0v) is 23.4. The monoisotopic (exact) mass is 580 g/mol. The zero-order valence-electron chi connectivity index (χ0n) is 22.6. The van der Waals surface area contributed by atoms with Gasteiger partial charge in [-0.25, -0.2) is 24.6 Å². The van der Waals surface area contributed by atoms with Crippen molar-refractivity contribution in [3.05, 3.63) is 71.5 Å². The molecule has 0 bridgehead atoms. The molecule has 1 aliphatic heterocycles. The summed E-state index contributed by atoms with van der Waals surface area (Å²) in [6.45, 7) is 2.71. The summed E-state index contributed by atoms with van der Waals surface area (Å²) in [6.07, 6.45) is 5.52. The Balaban J connectivity index is 1.37. The Kier molecular flexibility index (Phi) is 8.92. The van der Waals surface area contributed by atoms with E-state index in [9.17, 15) is 9.18 Å². The molecule has 13 heteroatoms. The third kappa shape index (κ3) is 7.28. The number of hydrogen-bond acceptors (Lipinski definition) is 8. The molecule has 1 saturated heterocycles. The lowest BCUT2D eigenvalue weighted by molar-refractivity contribution is 0.142. The number of hydrogen-bond donors (Lipinski definition) is 3. The van der Waals surface area contributed by atoms with Crippen molar-refractivity contribution < 1.29 is 18.7 Å². The molecule has 4 aromatic rings. The van der Waals surface area contributed by atoms with Gasteiger partial charge in [-0.3, -0.25) is 0 Å². The highest BCUT2D eigenvalue weighted by Gasteiger charge is 2.21. The Morgan fingerprint density at radius 3 is 2.95 bits per heavy atom. The van der Waals surface area contributed by atoms with Gasteiger partial charge in [0.25, 0.3) is 0 Å². The number of fused-ring (bicyclic) bond motifs is 1. The number of nitrogens with zero attached hydrogens (tertiary/aromatic N) is 5. The van der Waals surface area contributed by atoms with Crippen LogP contribution >= 0.6 is 11.6 Å². The fourth-order valence-electron chi connectivity index (χ4n) is 4.24. The maximum atomic E-state index is 13.7. The minimum atomic E-state index is -0.559. The van der Waals surface area contributed by atoms with E-state index in [1.807, 2.05) is 37.0 Å². The van der Waals surface area contributed by atoms with Crippen molar-refractivity contribution in [3.8, 4) is 5.75 Å². The summed E-state index contributed by atoms with van der Waals surface area (Å²) in [5.74, 6) is 0.344. The van der Waals surface area contributed by atoms with Crippen molar-refractivity contribution in [1.29, 1.82) is 0 Å². The normalized spacial score (nSPS) is 15.1. The smallest absolute Gasteiger partial charge is 0.339 e. The van der Waals surface area contributed by atoms with Crippen LogP contribution in [-0.4, -0.2) is 71.6 Å². The van der Waals surface area contributed by atoms with E-state index in [4.69, 9.17) is 21.1 Å². The van der Waals surface area contributed by atoms with E-state index in [1.54, 1.807) is 24.4 Å². The molecule has 5 rings (SSSR count). The standard InChI is InChI=1S/C28H30ClFN8O3/c1-37(2)9-10-38-8-3-4-19(38)15-33-36-28(39)35-25-13-21-24(14-26(25)41-20-7-11-40-16-20)31-17-32-27(21)34-18-5-6-23(30)22(29)12-18/h3-6,8,12-15,17,20H,7,9-11,16H2,1-2H3,(H,31,32,34)(H2,35,36,39)/b33-15+/t20-/m0/s1. The predicted octanol–water partition coefficient (Wildman–Crippen LogP) is 4.85. The molecular weight excluding hydrogens is 551 g/mol. The molecule has 41 heavy (non-hydrogen) atoms. The van der Waals surface area contributed by atoms with Gasteiger partial charge in [-0.05, 0) is 50.5 Å². The number of rotatable bonds is 10. The molecule has 1 fully saturated rings. The number of ether oxygens (including phenoxy) is 2. The number of amides is 2. The largest absolute Gasteiger partial charge is 0.486 e. The number of halogens is 2. The lowest BCUT2D eigenvalue weighted by Gasteiger charge is -2.18. The van der Waals surface area contributed by atoms with Crippen LogP contribution in [0.3, 0.4) is 0 Å². The van der Waals surface area contributed by atoms with E-state index in [-0.39, 0.29) is 11.1 Å². The molecule has 11 nitrogen and oxygen atoms in total. The van der Waals surface area contributed by atoms with Crippen LogP contribution in [0.4, 0.5) is 26.4 Å². The van der Waals surface area contributed by atoms with Crippen LogP contribution in [0.5, 0.6) is 5.75 Å². The number of nitrogens with one attached hydrogen (secondary N) is 3. The minimum absolute atomic E-state index is 0.0209. The van der Waals surface area contributed by atoms with Gasteiger partial charge in [-0.2, -0.15) is 5.10 Å². The summed E-state index contributed by atoms with van der Waals surface area (Å²) < 4.78 is 27.3.